The fraction of sp³-hybridized carbons (Fsp3) is 0.442. The zero-order valence-corrected chi connectivity index (χ0v) is 50.0. The second-order valence-electron chi connectivity index (χ2n) is 21.0. The summed E-state index contributed by atoms with van der Waals surface area (Å²) in [5.41, 5.74) is -1.14. The number of benzene rings is 2. The highest BCUT2D eigenvalue weighted by Crippen LogP contribution is 2.58. The van der Waals surface area contributed by atoms with Gasteiger partial charge in [0.05, 0.1) is 25.2 Å². The van der Waals surface area contributed by atoms with Gasteiger partial charge in [0.25, 0.3) is 17.4 Å². The third-order valence-electron chi connectivity index (χ3n) is 14.6. The van der Waals surface area contributed by atoms with Gasteiger partial charge in [0, 0.05) is 61.7 Å². The number of aromatic amines is 1. The molecule has 40 heteroatoms. The van der Waals surface area contributed by atoms with Gasteiger partial charge in [-0.25, -0.2) is 47.2 Å². The van der Waals surface area contributed by atoms with Crippen LogP contribution in [0.25, 0.3) is 11.2 Å². The molecule has 4 saturated heterocycles. The molecule has 8 heterocycles. The second-order valence-corrected chi connectivity index (χ2v) is 25.2. The molecule has 5 aliphatic heterocycles. The minimum absolute atomic E-state index is 0.0337. The molecule has 10 N–H and O–H groups in total. The van der Waals surface area contributed by atoms with Crippen molar-refractivity contribution in [1.82, 2.24) is 39.3 Å². The highest BCUT2D eigenvalue weighted by molar-refractivity contribution is 8.44. The number of hydrogen-bond donors (Lipinski definition) is 11. The number of anilines is 4. The summed E-state index contributed by atoms with van der Waals surface area (Å²) in [6.07, 6.45) is -19.5. The van der Waals surface area contributed by atoms with Crippen LogP contribution in [0.5, 0.6) is 5.75 Å². The monoisotopic (exact) mass is 1350 g/mol. The summed E-state index contributed by atoms with van der Waals surface area (Å²) in [4.78, 5) is 125. The van der Waals surface area contributed by atoms with E-state index in [9.17, 15) is 72.8 Å². The van der Waals surface area contributed by atoms with Crippen molar-refractivity contribution >= 4 is 96.6 Å². The maximum absolute atomic E-state index is 16.6. The van der Waals surface area contributed by atoms with Crippen molar-refractivity contribution in [3.63, 3.8) is 0 Å². The highest BCUT2D eigenvalue weighted by Gasteiger charge is 2.55. The van der Waals surface area contributed by atoms with Crippen LogP contribution in [0.15, 0.2) is 89.1 Å². The lowest BCUT2D eigenvalue weighted by Crippen LogP contribution is -2.61. The predicted octanol–water partition coefficient (Wildman–Crippen LogP) is 1.50. The molecule has 15 atom stereocenters. The van der Waals surface area contributed by atoms with Gasteiger partial charge in [0.2, 0.25) is 18.1 Å². The molecule has 2 aromatic carbocycles. The first-order valence-electron chi connectivity index (χ1n) is 27.8. The van der Waals surface area contributed by atoms with Crippen LogP contribution < -0.4 is 37.3 Å². The molecule has 3 aromatic heterocycles. The van der Waals surface area contributed by atoms with Crippen LogP contribution in [-0.2, 0) is 76.8 Å². The van der Waals surface area contributed by atoms with Gasteiger partial charge in [-0.15, -0.1) is 0 Å². The van der Waals surface area contributed by atoms with Crippen LogP contribution in [-0.4, -0.2) is 189 Å². The lowest BCUT2D eigenvalue weighted by atomic mass is 9.99. The molecular formula is C52H57F2N11O24P2S. The normalized spacial score (nSPS) is 29.8. The number of H-pyrrole nitrogens is 1. The Labute approximate surface area is 520 Å². The quantitative estimate of drug-likeness (QED) is 0.0228. The van der Waals surface area contributed by atoms with Crippen LogP contribution >= 0.6 is 26.9 Å². The zero-order chi connectivity index (χ0) is 65.8. The van der Waals surface area contributed by atoms with Gasteiger partial charge >= 0.3 is 32.4 Å². The van der Waals surface area contributed by atoms with E-state index in [1.165, 1.54) is 54.6 Å². The van der Waals surface area contributed by atoms with Crippen LogP contribution in [0.1, 0.15) is 50.1 Å². The minimum atomic E-state index is -5.31. The number of hydrogen-bond acceptors (Lipinski definition) is 26. The van der Waals surface area contributed by atoms with Crippen molar-refractivity contribution in [1.29, 1.82) is 0 Å². The number of alkyl halides is 2. The summed E-state index contributed by atoms with van der Waals surface area (Å²) in [6.45, 7) is -6.88. The Morgan fingerprint density at radius 2 is 1.46 bits per heavy atom. The number of aliphatic carboxylic acids is 1. The first-order chi connectivity index (χ1) is 43.8. The summed E-state index contributed by atoms with van der Waals surface area (Å²) in [5.74, 6) is -3.67. The van der Waals surface area contributed by atoms with E-state index in [0.717, 1.165) is 34.4 Å². The van der Waals surface area contributed by atoms with Crippen molar-refractivity contribution in [2.24, 2.45) is 0 Å². The van der Waals surface area contributed by atoms with E-state index in [2.05, 4.69) is 48.5 Å². The Bertz CT molecular complexity index is 3850. The summed E-state index contributed by atoms with van der Waals surface area (Å²) < 4.78 is 110. The lowest BCUT2D eigenvalue weighted by Gasteiger charge is -2.38. The van der Waals surface area contributed by atoms with Crippen molar-refractivity contribution in [2.45, 2.75) is 119 Å². The average molecular weight is 1350 g/mol. The number of aromatic nitrogens is 6. The molecule has 0 aliphatic carbocycles. The number of carbonyl (C=O) groups is 6. The number of phosphoric acid groups is 1. The number of halogens is 2. The number of carboxylic acid groups (broad SMARTS) is 1. The summed E-state index contributed by atoms with van der Waals surface area (Å²) >= 11 is 3.94. The Morgan fingerprint density at radius 3 is 2.16 bits per heavy atom. The Balaban J connectivity index is 0.742. The van der Waals surface area contributed by atoms with Gasteiger partial charge in [0.1, 0.15) is 61.4 Å². The number of thiol groups is 1. The van der Waals surface area contributed by atoms with Gasteiger partial charge in [-0.3, -0.25) is 66.4 Å². The largest absolute Gasteiger partial charge is 0.479 e. The first kappa shape index (κ1) is 67.0. The predicted molar refractivity (Wildman–Crippen MR) is 308 cm³/mol. The number of carbonyl (C=O) groups excluding carboxylic acids is 5. The van der Waals surface area contributed by atoms with Crippen molar-refractivity contribution in [3.05, 3.63) is 106 Å². The number of carboxylic acids is 1. The molecule has 35 nitrogen and oxygen atoms in total. The number of phosphoric ester groups is 1. The van der Waals surface area contributed by atoms with Crippen LogP contribution in [0.4, 0.5) is 36.5 Å². The second kappa shape index (κ2) is 28.5. The van der Waals surface area contributed by atoms with Gasteiger partial charge in [-0.2, -0.15) is 0 Å². The number of fused-ring (bicyclic) bond motifs is 3. The van der Waals surface area contributed by atoms with E-state index < -0.39 is 155 Å². The smallest absolute Gasteiger partial charge is 0.472 e. The minimum Gasteiger partial charge on any atom is -0.479 e. The first-order valence-corrected chi connectivity index (χ1v) is 32.0. The molecule has 0 spiro atoms. The van der Waals surface area contributed by atoms with Crippen LogP contribution in [0.3, 0.4) is 0 Å². The summed E-state index contributed by atoms with van der Waals surface area (Å²) in [6, 6.07) is 10.8. The number of rotatable bonds is 20. The van der Waals surface area contributed by atoms with Gasteiger partial charge in [-0.05, 0) is 54.8 Å². The van der Waals surface area contributed by atoms with E-state index in [0.29, 0.717) is 29.5 Å². The zero-order valence-electron chi connectivity index (χ0n) is 47.4. The molecule has 0 bridgehead atoms. The molecule has 5 aromatic rings. The molecule has 92 heavy (non-hydrogen) atoms. The maximum atomic E-state index is 16.6. The van der Waals surface area contributed by atoms with E-state index in [1.807, 2.05) is 4.98 Å². The van der Waals surface area contributed by atoms with Gasteiger partial charge < -0.3 is 65.0 Å². The third kappa shape index (κ3) is 15.7. The molecule has 4 fully saturated rings. The SMILES string of the molecule is O=C(CCCCCN1C(=O)C=CC1=O)NCCC(=O)Nc1cc(COC(=O)Nc2ccc(Nc3ncnc4c3ncn4[C@@H]3O[C@@H]4COP(=O)(S)O[C@H]5[C@@H](F)[C@H](n6ccc(=O)[nH]c6=O)O[C@@H]5COP(=O)(O)O[C@H]4[C@H]3F)cc2)ccc1O[C@H]1O[C@@H](C(=O)O)[C@H](O)[C@@H](O)[C@@H]1O. The number of unbranched alkanes of at least 4 members (excludes halogenated alkanes) is 2. The maximum Gasteiger partial charge on any atom is 0.472 e. The fourth-order valence-corrected chi connectivity index (χ4v) is 12.5. The average Bonchev–Trinajstić information content (AvgIpc) is 1.60. The molecule has 5 aliphatic rings. The Morgan fingerprint density at radius 1 is 0.772 bits per heavy atom. The van der Waals surface area contributed by atoms with Gasteiger partial charge in [0.15, 0.2) is 47.9 Å². The molecule has 0 radical (unpaired) electrons. The van der Waals surface area contributed by atoms with Crippen molar-refractivity contribution < 1.29 is 114 Å². The number of imidazole rings is 1. The fourth-order valence-electron chi connectivity index (χ4n) is 10.0. The molecule has 5 amide bonds. The number of aliphatic hydroxyl groups is 3. The summed E-state index contributed by atoms with van der Waals surface area (Å²) in [5, 5.41) is 51.5. The lowest BCUT2D eigenvalue weighted by molar-refractivity contribution is -0.271. The topological polar surface area (TPSA) is 471 Å². The van der Waals surface area contributed by atoms with Crippen molar-refractivity contribution in [3.8, 4) is 5.75 Å². The number of aliphatic hydroxyl groups excluding tert-OH is 3. The third-order valence-corrected chi connectivity index (χ3v) is 17.2. The number of ether oxygens (including phenoxy) is 5. The standard InChI is InChI=1S/C52H57F2N11O24P2S/c53-36-42-30(21-83-91(80,92)89-43-29(20-82-90(78,79)88-42)84-47(37(43)54)64-17-14-33(68)62-51(64)76)85-48(36)65-23-58-38-45(56-22-57-46(38)65)59-25-6-8-26(9-7-25)60-52(77)81-19-24-5-10-28(86-50-41(73)39(71)40(72)44(87-50)49(74)75)27(18-24)61-32(67)13-15-55-31(66)4-2-1-3-16-63-34(69)11-12-35(63)70/h5-12,14,17-18,22-23,29-30,36-37,39-44,47-48,50,71-73H,1-4,13,15-16,19-21H2,(H,55,66)(H,60,77)(H,61,67)(H,74,75)(H,78,79)(H,80,92)(H,56,57,59)(H,62,68,76)/t29-,30-,36-,37-,39-,40-,41+,42-,43-,44-,47-,48-,50+,91?/m1/s1. The highest BCUT2D eigenvalue weighted by atomic mass is 32.7. The number of nitrogens with one attached hydrogen (secondary N) is 5. The molecule has 10 rings (SSSR count). The molecule has 0 saturated carbocycles. The number of nitrogens with zero attached hydrogens (tertiary/aromatic N) is 6. The van der Waals surface area contributed by atoms with E-state index in [-0.39, 0.29) is 71.5 Å². The number of imide groups is 1. The van der Waals surface area contributed by atoms with E-state index in [1.54, 1.807) is 0 Å². The molecule has 2 unspecified atom stereocenters. The Hall–Kier alpha value is -7.94. The molecule has 494 valence electrons. The molecular weight excluding hydrogens is 1290 g/mol. The van der Waals surface area contributed by atoms with Crippen LogP contribution in [0.2, 0.25) is 0 Å². The van der Waals surface area contributed by atoms with Crippen LogP contribution in [0, 0.1) is 0 Å². The number of amides is 5. The Kier molecular flexibility index (Phi) is 20.8. The summed E-state index contributed by atoms with van der Waals surface area (Å²) in [7, 11) is -5.31. The van der Waals surface area contributed by atoms with Gasteiger partial charge in [-0.1, -0.05) is 24.7 Å². The van der Waals surface area contributed by atoms with E-state index >= 15 is 8.78 Å². The van der Waals surface area contributed by atoms with E-state index in [4.69, 9.17) is 41.8 Å². The van der Waals surface area contributed by atoms with Crippen molar-refractivity contribution in [2.75, 3.05) is 42.3 Å².